The van der Waals surface area contributed by atoms with Crippen molar-refractivity contribution in [3.63, 3.8) is 0 Å². The summed E-state index contributed by atoms with van der Waals surface area (Å²) < 4.78 is 0. The highest BCUT2D eigenvalue weighted by Gasteiger charge is 2.35. The number of carbonyl (C=O) groups is 1. The predicted octanol–water partition coefficient (Wildman–Crippen LogP) is 4.73. The van der Waals surface area contributed by atoms with Crippen LogP contribution in [0.25, 0.3) is 0 Å². The molecule has 2 heteroatoms. The Hall–Kier alpha value is -1.31. The number of hydrogen-bond acceptors (Lipinski definition) is 1. The summed E-state index contributed by atoms with van der Waals surface area (Å²) in [5, 5.41) is 3.12. The van der Waals surface area contributed by atoms with Crippen LogP contribution in [0, 0.1) is 0 Å². The van der Waals surface area contributed by atoms with Crippen molar-refractivity contribution in [3.8, 4) is 0 Å². The summed E-state index contributed by atoms with van der Waals surface area (Å²) in [5.74, 6) is 0.625. The second-order valence-corrected chi connectivity index (χ2v) is 8.00. The molecule has 0 bridgehead atoms. The van der Waals surface area contributed by atoms with Gasteiger partial charge in [0.1, 0.15) is 0 Å². The monoisotopic (exact) mass is 273 g/mol. The van der Waals surface area contributed by atoms with Crippen molar-refractivity contribution in [2.75, 3.05) is 5.32 Å². The third-order valence-corrected chi connectivity index (χ3v) is 4.23. The first-order valence-electron chi connectivity index (χ1n) is 7.51. The summed E-state index contributed by atoms with van der Waals surface area (Å²) in [6.07, 6.45) is 0.561. The van der Waals surface area contributed by atoms with Crippen LogP contribution in [-0.2, 0) is 15.6 Å². The molecule has 1 amide bonds. The molecule has 0 spiro atoms. The minimum absolute atomic E-state index is 0.0235. The zero-order chi connectivity index (χ0) is 15.3. The van der Waals surface area contributed by atoms with E-state index < -0.39 is 0 Å². The molecular formula is C18H27NO. The topological polar surface area (TPSA) is 29.1 Å². The van der Waals surface area contributed by atoms with Gasteiger partial charge in [-0.2, -0.15) is 0 Å². The molecule has 0 aromatic heterocycles. The molecule has 0 fully saturated rings. The molecule has 0 radical (unpaired) electrons. The molecular weight excluding hydrogens is 246 g/mol. The molecule has 0 aliphatic carbocycles. The van der Waals surface area contributed by atoms with Crippen LogP contribution < -0.4 is 5.32 Å². The number of carbonyl (C=O) groups excluding carboxylic acids is 1. The molecule has 0 saturated heterocycles. The van der Waals surface area contributed by atoms with Crippen LogP contribution in [0.3, 0.4) is 0 Å². The third-order valence-electron chi connectivity index (χ3n) is 4.23. The van der Waals surface area contributed by atoms with Gasteiger partial charge in [0.25, 0.3) is 0 Å². The average molecular weight is 273 g/mol. The minimum atomic E-state index is -0.0947. The van der Waals surface area contributed by atoms with Gasteiger partial charge in [-0.15, -0.1) is 0 Å². The highest BCUT2D eigenvalue weighted by Crippen LogP contribution is 2.44. The normalized spacial score (nSPS) is 17.9. The maximum Gasteiger partial charge on any atom is 0.225 e. The van der Waals surface area contributed by atoms with E-state index in [1.54, 1.807) is 0 Å². The second-order valence-electron chi connectivity index (χ2n) is 8.00. The van der Waals surface area contributed by atoms with Crippen molar-refractivity contribution >= 4 is 11.6 Å². The van der Waals surface area contributed by atoms with Crippen molar-refractivity contribution in [2.45, 2.75) is 71.6 Å². The highest BCUT2D eigenvalue weighted by atomic mass is 16.1. The van der Waals surface area contributed by atoms with E-state index in [0.717, 1.165) is 5.69 Å². The lowest BCUT2D eigenvalue weighted by Crippen LogP contribution is -2.34. The molecule has 1 aromatic rings. The van der Waals surface area contributed by atoms with Crippen molar-refractivity contribution in [3.05, 3.63) is 28.8 Å². The average Bonchev–Trinajstić information content (AvgIpc) is 2.24. The Kier molecular flexibility index (Phi) is 3.48. The van der Waals surface area contributed by atoms with E-state index in [-0.39, 0.29) is 16.7 Å². The molecule has 2 rings (SSSR count). The molecule has 110 valence electrons. The first-order valence-corrected chi connectivity index (χ1v) is 7.51. The van der Waals surface area contributed by atoms with Gasteiger partial charge in [-0.05, 0) is 28.0 Å². The van der Waals surface area contributed by atoms with E-state index >= 15 is 0 Å². The van der Waals surface area contributed by atoms with Gasteiger partial charge in [0.2, 0.25) is 5.91 Å². The molecule has 1 N–H and O–H groups in total. The van der Waals surface area contributed by atoms with E-state index in [0.29, 0.717) is 12.3 Å². The highest BCUT2D eigenvalue weighted by molar-refractivity contribution is 5.96. The van der Waals surface area contributed by atoms with Crippen LogP contribution in [0.1, 0.15) is 77.5 Å². The van der Waals surface area contributed by atoms with E-state index in [2.05, 4.69) is 65.9 Å². The fraction of sp³-hybridized carbons (Fsp3) is 0.611. The molecule has 0 saturated carbocycles. The van der Waals surface area contributed by atoms with E-state index in [1.807, 2.05) is 0 Å². The maximum absolute atomic E-state index is 12.0. The van der Waals surface area contributed by atoms with Gasteiger partial charge in [0.05, 0.1) is 0 Å². The molecule has 1 heterocycles. The summed E-state index contributed by atoms with van der Waals surface area (Å²) in [5.41, 5.74) is 4.87. The molecule has 1 aliphatic rings. The lowest BCUT2D eigenvalue weighted by molar-refractivity contribution is -0.117. The number of rotatable bonds is 1. The Morgan fingerprint density at radius 1 is 1.20 bits per heavy atom. The Balaban J connectivity index is 2.76. The van der Waals surface area contributed by atoms with Crippen LogP contribution >= 0.6 is 0 Å². The van der Waals surface area contributed by atoms with Gasteiger partial charge in [-0.25, -0.2) is 0 Å². The van der Waals surface area contributed by atoms with Gasteiger partial charge in [-0.1, -0.05) is 60.6 Å². The second kappa shape index (κ2) is 4.61. The summed E-state index contributed by atoms with van der Waals surface area (Å²) in [4.78, 5) is 12.0. The van der Waals surface area contributed by atoms with E-state index in [9.17, 15) is 4.79 Å². The van der Waals surface area contributed by atoms with Gasteiger partial charge < -0.3 is 5.32 Å². The van der Waals surface area contributed by atoms with Gasteiger partial charge in [0, 0.05) is 17.5 Å². The standard InChI is InChI=1S/C18H27NO/c1-11(2)12-8-13(17(3,4)5)16-14(9-12)18(6,7)10-15(20)19-16/h8-9,11H,10H2,1-7H3,(H,19,20). The fourth-order valence-corrected chi connectivity index (χ4v) is 2.94. The van der Waals surface area contributed by atoms with Gasteiger partial charge in [-0.3, -0.25) is 4.79 Å². The molecule has 2 nitrogen and oxygen atoms in total. The lowest BCUT2D eigenvalue weighted by atomic mass is 9.72. The Labute approximate surface area is 123 Å². The van der Waals surface area contributed by atoms with Gasteiger partial charge >= 0.3 is 0 Å². The smallest absolute Gasteiger partial charge is 0.225 e. The molecule has 1 aromatic carbocycles. The van der Waals surface area contributed by atoms with Crippen LogP contribution in [0.15, 0.2) is 12.1 Å². The Morgan fingerprint density at radius 3 is 2.30 bits per heavy atom. The first kappa shape index (κ1) is 15.1. The molecule has 0 unspecified atom stereocenters. The number of fused-ring (bicyclic) bond motifs is 1. The van der Waals surface area contributed by atoms with Crippen LogP contribution in [-0.4, -0.2) is 5.91 Å². The predicted molar refractivity (Wildman–Crippen MR) is 85.5 cm³/mol. The summed E-state index contributed by atoms with van der Waals surface area (Å²) >= 11 is 0. The zero-order valence-corrected chi connectivity index (χ0v) is 13.8. The zero-order valence-electron chi connectivity index (χ0n) is 13.8. The van der Waals surface area contributed by atoms with E-state index in [4.69, 9.17) is 0 Å². The number of amides is 1. The minimum Gasteiger partial charge on any atom is -0.326 e. The van der Waals surface area contributed by atoms with Crippen LogP contribution in [0.2, 0.25) is 0 Å². The maximum atomic E-state index is 12.0. The SMILES string of the molecule is CC(C)c1cc(C(C)(C)C)c2c(c1)C(C)(C)CC(=O)N2. The quantitative estimate of drug-likeness (QED) is 0.787. The Bertz CT molecular complexity index is 530. The first-order chi connectivity index (χ1) is 9.02. The van der Waals surface area contributed by atoms with Crippen LogP contribution in [0.5, 0.6) is 0 Å². The molecule has 20 heavy (non-hydrogen) atoms. The number of nitrogens with one attached hydrogen (secondary N) is 1. The number of anilines is 1. The number of benzene rings is 1. The molecule has 1 aliphatic heterocycles. The van der Waals surface area contributed by atoms with E-state index in [1.165, 1.54) is 16.7 Å². The molecule has 0 atom stereocenters. The fourth-order valence-electron chi connectivity index (χ4n) is 2.94. The van der Waals surface area contributed by atoms with Crippen molar-refractivity contribution in [1.29, 1.82) is 0 Å². The summed E-state index contributed by atoms with van der Waals surface area (Å²) in [6, 6.07) is 4.56. The van der Waals surface area contributed by atoms with Crippen molar-refractivity contribution < 1.29 is 4.79 Å². The third kappa shape index (κ3) is 2.61. The van der Waals surface area contributed by atoms with Crippen molar-refractivity contribution in [1.82, 2.24) is 0 Å². The Morgan fingerprint density at radius 2 is 1.80 bits per heavy atom. The van der Waals surface area contributed by atoms with Gasteiger partial charge in [0.15, 0.2) is 0 Å². The van der Waals surface area contributed by atoms with Crippen LogP contribution in [0.4, 0.5) is 5.69 Å². The number of hydrogen-bond donors (Lipinski definition) is 1. The summed E-state index contributed by atoms with van der Waals surface area (Å²) in [6.45, 7) is 15.4. The summed E-state index contributed by atoms with van der Waals surface area (Å²) in [7, 11) is 0. The lowest BCUT2D eigenvalue weighted by Gasteiger charge is -2.37. The van der Waals surface area contributed by atoms with Crippen molar-refractivity contribution in [2.24, 2.45) is 0 Å². The largest absolute Gasteiger partial charge is 0.326 e.